The molecule has 0 aliphatic carbocycles. The number of aryl methyl sites for hydroxylation is 1. The molecule has 20 heavy (non-hydrogen) atoms. The van der Waals surface area contributed by atoms with Gasteiger partial charge in [0.2, 0.25) is 0 Å². The lowest BCUT2D eigenvalue weighted by molar-refractivity contribution is -0.383. The Morgan fingerprint density at radius 1 is 1.45 bits per heavy atom. The van der Waals surface area contributed by atoms with Gasteiger partial charge in [0.05, 0.1) is 4.92 Å². The first kappa shape index (κ1) is 13.7. The molecule has 0 spiro atoms. The second-order valence-corrected chi connectivity index (χ2v) is 4.14. The number of nitro groups is 1. The molecular weight excluding hydrogens is 262 g/mol. The highest BCUT2D eigenvalue weighted by Gasteiger charge is 2.18. The molecule has 0 saturated carbocycles. The van der Waals surface area contributed by atoms with E-state index in [0.717, 1.165) is 5.82 Å². The van der Waals surface area contributed by atoms with E-state index in [1.54, 1.807) is 29.1 Å². The lowest BCUT2D eigenvalue weighted by Crippen LogP contribution is -2.13. The smallest absolute Gasteiger partial charge is 0.316 e. The van der Waals surface area contributed by atoms with E-state index in [0.29, 0.717) is 18.7 Å². The standard InChI is InChI=1S/C11H15N7O2/c1-17-7-14-16-10(17)5-6-13-8-3-2-4-9(15-12)11(8)18(19)20/h2-4,7,13,15H,5-6,12H2,1H3. The number of hydrazine groups is 1. The molecule has 9 heteroatoms. The molecule has 0 amide bonds. The normalized spacial score (nSPS) is 10.3. The molecular formula is C11H15N7O2. The quantitative estimate of drug-likeness (QED) is 0.402. The molecule has 4 N–H and O–H groups in total. The largest absolute Gasteiger partial charge is 0.379 e. The van der Waals surface area contributed by atoms with Crippen molar-refractivity contribution in [2.75, 3.05) is 17.3 Å². The number of benzene rings is 1. The summed E-state index contributed by atoms with van der Waals surface area (Å²) in [4.78, 5) is 10.6. The van der Waals surface area contributed by atoms with Gasteiger partial charge in [-0.2, -0.15) is 0 Å². The van der Waals surface area contributed by atoms with E-state index in [2.05, 4.69) is 20.9 Å². The van der Waals surface area contributed by atoms with Crippen LogP contribution in [-0.2, 0) is 13.5 Å². The summed E-state index contributed by atoms with van der Waals surface area (Å²) < 4.78 is 1.80. The summed E-state index contributed by atoms with van der Waals surface area (Å²) in [5.41, 5.74) is 2.92. The van der Waals surface area contributed by atoms with E-state index < -0.39 is 4.92 Å². The molecule has 1 aromatic heterocycles. The van der Waals surface area contributed by atoms with Gasteiger partial charge >= 0.3 is 5.69 Å². The SMILES string of the molecule is Cn1cnnc1CCNc1cccc(NN)c1[N+](=O)[O-]. The second-order valence-electron chi connectivity index (χ2n) is 4.14. The maximum Gasteiger partial charge on any atom is 0.316 e. The Labute approximate surface area is 114 Å². The van der Waals surface area contributed by atoms with Crippen LogP contribution in [0.3, 0.4) is 0 Å². The maximum absolute atomic E-state index is 11.1. The van der Waals surface area contributed by atoms with Crippen molar-refractivity contribution in [2.24, 2.45) is 12.9 Å². The maximum atomic E-state index is 11.1. The average Bonchev–Trinajstić information content (AvgIpc) is 2.84. The first-order valence-electron chi connectivity index (χ1n) is 5.94. The Hall–Kier alpha value is -2.68. The van der Waals surface area contributed by atoms with Gasteiger partial charge in [-0.25, -0.2) is 0 Å². The molecule has 106 valence electrons. The molecule has 1 aromatic carbocycles. The highest BCUT2D eigenvalue weighted by Crippen LogP contribution is 2.31. The number of para-hydroxylation sites is 1. The van der Waals surface area contributed by atoms with Crippen molar-refractivity contribution in [1.29, 1.82) is 0 Å². The molecule has 0 radical (unpaired) electrons. The van der Waals surface area contributed by atoms with Crippen LogP contribution < -0.4 is 16.6 Å². The summed E-state index contributed by atoms with van der Waals surface area (Å²) in [5, 5.41) is 21.8. The lowest BCUT2D eigenvalue weighted by atomic mass is 10.2. The summed E-state index contributed by atoms with van der Waals surface area (Å²) in [6.45, 7) is 0.501. The van der Waals surface area contributed by atoms with Gasteiger partial charge in [0.15, 0.2) is 0 Å². The summed E-state index contributed by atoms with van der Waals surface area (Å²) >= 11 is 0. The van der Waals surface area contributed by atoms with Crippen LogP contribution in [0.4, 0.5) is 17.1 Å². The molecule has 0 aliphatic rings. The molecule has 0 bridgehead atoms. The second kappa shape index (κ2) is 5.97. The highest BCUT2D eigenvalue weighted by atomic mass is 16.6. The van der Waals surface area contributed by atoms with E-state index in [4.69, 9.17) is 5.84 Å². The van der Waals surface area contributed by atoms with Gasteiger partial charge in [-0.3, -0.25) is 16.0 Å². The van der Waals surface area contributed by atoms with Crippen LogP contribution in [0.1, 0.15) is 5.82 Å². The number of nitrogens with one attached hydrogen (secondary N) is 2. The summed E-state index contributed by atoms with van der Waals surface area (Å²) in [7, 11) is 1.84. The Morgan fingerprint density at radius 2 is 2.20 bits per heavy atom. The number of anilines is 2. The van der Waals surface area contributed by atoms with Crippen LogP contribution in [0.2, 0.25) is 0 Å². The minimum absolute atomic E-state index is 0.0760. The van der Waals surface area contributed by atoms with Gasteiger partial charge in [0, 0.05) is 20.0 Å². The first-order chi connectivity index (χ1) is 9.63. The number of nitrogens with two attached hydrogens (primary N) is 1. The predicted octanol–water partition coefficient (Wildman–Crippen LogP) is 0.663. The topological polar surface area (TPSA) is 124 Å². The Morgan fingerprint density at radius 3 is 2.80 bits per heavy atom. The van der Waals surface area contributed by atoms with E-state index in [1.165, 1.54) is 0 Å². The van der Waals surface area contributed by atoms with Crippen molar-refractivity contribution < 1.29 is 4.92 Å². The van der Waals surface area contributed by atoms with Crippen LogP contribution in [0, 0.1) is 10.1 Å². The number of nitrogen functional groups attached to an aromatic ring is 1. The third-order valence-corrected chi connectivity index (χ3v) is 2.84. The zero-order chi connectivity index (χ0) is 14.5. The molecule has 0 saturated heterocycles. The highest BCUT2D eigenvalue weighted by molar-refractivity contribution is 5.75. The van der Waals surface area contributed by atoms with Crippen molar-refractivity contribution >= 4 is 17.1 Å². The van der Waals surface area contributed by atoms with Crippen molar-refractivity contribution in [1.82, 2.24) is 14.8 Å². The van der Waals surface area contributed by atoms with Crippen molar-refractivity contribution in [3.8, 4) is 0 Å². The van der Waals surface area contributed by atoms with Gasteiger partial charge in [0.25, 0.3) is 0 Å². The number of rotatable bonds is 6. The molecule has 2 aromatic rings. The fourth-order valence-corrected chi connectivity index (χ4v) is 1.84. The Balaban J connectivity index is 2.09. The molecule has 1 heterocycles. The number of aromatic nitrogens is 3. The van der Waals surface area contributed by atoms with Crippen molar-refractivity contribution in [3.05, 3.63) is 40.5 Å². The van der Waals surface area contributed by atoms with Crippen molar-refractivity contribution in [2.45, 2.75) is 6.42 Å². The average molecular weight is 277 g/mol. The van der Waals surface area contributed by atoms with E-state index in [9.17, 15) is 10.1 Å². The molecule has 0 aliphatic heterocycles. The number of hydrogen-bond donors (Lipinski definition) is 3. The summed E-state index contributed by atoms with van der Waals surface area (Å²) in [5.74, 6) is 6.08. The Kier molecular flexibility index (Phi) is 4.11. The number of nitrogens with zero attached hydrogens (tertiary/aromatic N) is 4. The Bertz CT molecular complexity index is 611. The zero-order valence-electron chi connectivity index (χ0n) is 10.9. The van der Waals surface area contributed by atoms with Gasteiger partial charge in [-0.1, -0.05) is 6.07 Å². The van der Waals surface area contributed by atoms with Gasteiger partial charge in [0.1, 0.15) is 23.5 Å². The van der Waals surface area contributed by atoms with Crippen LogP contribution in [0.25, 0.3) is 0 Å². The minimum Gasteiger partial charge on any atom is -0.379 e. The van der Waals surface area contributed by atoms with Gasteiger partial charge in [-0.15, -0.1) is 10.2 Å². The molecule has 0 fully saturated rings. The molecule has 9 nitrogen and oxygen atoms in total. The van der Waals surface area contributed by atoms with Crippen LogP contribution in [0.15, 0.2) is 24.5 Å². The molecule has 0 unspecified atom stereocenters. The fourth-order valence-electron chi connectivity index (χ4n) is 1.84. The van der Waals surface area contributed by atoms with Crippen LogP contribution in [0.5, 0.6) is 0 Å². The summed E-state index contributed by atoms with van der Waals surface area (Å²) in [6.07, 6.45) is 2.21. The molecule has 0 atom stereocenters. The van der Waals surface area contributed by atoms with E-state index in [1.807, 2.05) is 7.05 Å². The first-order valence-corrected chi connectivity index (χ1v) is 5.94. The van der Waals surface area contributed by atoms with Crippen molar-refractivity contribution in [3.63, 3.8) is 0 Å². The third kappa shape index (κ3) is 2.83. The zero-order valence-corrected chi connectivity index (χ0v) is 10.9. The lowest BCUT2D eigenvalue weighted by Gasteiger charge is -2.09. The van der Waals surface area contributed by atoms with Crippen LogP contribution in [-0.4, -0.2) is 26.2 Å². The summed E-state index contributed by atoms with van der Waals surface area (Å²) in [6, 6.07) is 4.87. The number of hydrogen-bond acceptors (Lipinski definition) is 7. The fraction of sp³-hybridized carbons (Fsp3) is 0.273. The number of nitro benzene ring substituents is 1. The third-order valence-electron chi connectivity index (χ3n) is 2.84. The minimum atomic E-state index is -0.472. The van der Waals surface area contributed by atoms with E-state index >= 15 is 0 Å². The monoisotopic (exact) mass is 277 g/mol. The van der Waals surface area contributed by atoms with E-state index in [-0.39, 0.29) is 11.4 Å². The molecule has 2 rings (SSSR count). The van der Waals surface area contributed by atoms with Gasteiger partial charge in [-0.05, 0) is 12.1 Å². The van der Waals surface area contributed by atoms with Gasteiger partial charge < -0.3 is 15.3 Å². The predicted molar refractivity (Wildman–Crippen MR) is 74.1 cm³/mol. The van der Waals surface area contributed by atoms with Crippen LogP contribution >= 0.6 is 0 Å².